The summed E-state index contributed by atoms with van der Waals surface area (Å²) in [7, 11) is 0. The summed E-state index contributed by atoms with van der Waals surface area (Å²) >= 11 is 0. The highest BCUT2D eigenvalue weighted by molar-refractivity contribution is 5.85. The van der Waals surface area contributed by atoms with Crippen LogP contribution in [-0.2, 0) is 18.1 Å². The molecule has 1 saturated carbocycles. The number of aromatic nitrogens is 3. The summed E-state index contributed by atoms with van der Waals surface area (Å²) in [5.74, 6) is 0.528. The predicted molar refractivity (Wildman–Crippen MR) is 137 cm³/mol. The van der Waals surface area contributed by atoms with E-state index in [2.05, 4.69) is 14.9 Å². The van der Waals surface area contributed by atoms with Crippen molar-refractivity contribution in [1.82, 2.24) is 19.4 Å². The van der Waals surface area contributed by atoms with Crippen molar-refractivity contribution in [2.45, 2.75) is 51.7 Å². The SMILES string of the molecule is C.Cc1cc(-c2ccn(CCCCN3CC4C[C@]4(c4ccc(C(F)(F)F)cc4)C3)c(=O)n2)ccn1.Cl. The van der Waals surface area contributed by atoms with Crippen molar-refractivity contribution >= 4 is 12.4 Å². The molecular weight excluding hydrogens is 489 g/mol. The molecule has 5 rings (SSSR count). The van der Waals surface area contributed by atoms with Gasteiger partial charge in [0.25, 0.3) is 0 Å². The highest BCUT2D eigenvalue weighted by Crippen LogP contribution is 2.59. The van der Waals surface area contributed by atoms with E-state index in [1.165, 1.54) is 12.1 Å². The first kappa shape index (κ1) is 27.9. The molecule has 0 radical (unpaired) electrons. The molecule has 0 spiro atoms. The average molecular weight is 521 g/mol. The number of unbranched alkanes of at least 4 members (excludes halogenated alkanes) is 1. The summed E-state index contributed by atoms with van der Waals surface area (Å²) in [6.45, 7) is 5.32. The van der Waals surface area contributed by atoms with Gasteiger partial charge in [-0.2, -0.15) is 18.2 Å². The summed E-state index contributed by atoms with van der Waals surface area (Å²) in [4.78, 5) is 23.2. The van der Waals surface area contributed by atoms with Crippen LogP contribution in [-0.4, -0.2) is 39.1 Å². The predicted octanol–water partition coefficient (Wildman–Crippen LogP) is 5.74. The number of rotatable bonds is 7. The second-order valence-corrected chi connectivity index (χ2v) is 9.55. The molecule has 1 aliphatic heterocycles. The third-order valence-electron chi connectivity index (χ3n) is 7.19. The lowest BCUT2D eigenvalue weighted by atomic mass is 9.94. The van der Waals surface area contributed by atoms with E-state index in [1.807, 2.05) is 25.1 Å². The van der Waals surface area contributed by atoms with Crippen molar-refractivity contribution in [2.24, 2.45) is 5.92 Å². The van der Waals surface area contributed by atoms with Crippen LogP contribution in [0.25, 0.3) is 11.3 Å². The van der Waals surface area contributed by atoms with Crippen molar-refractivity contribution in [2.75, 3.05) is 19.6 Å². The minimum absolute atomic E-state index is 0. The van der Waals surface area contributed by atoms with E-state index < -0.39 is 11.7 Å². The van der Waals surface area contributed by atoms with Crippen molar-refractivity contribution in [3.8, 4) is 11.3 Å². The molecule has 2 aromatic heterocycles. The van der Waals surface area contributed by atoms with Crippen molar-refractivity contribution in [1.29, 1.82) is 0 Å². The minimum atomic E-state index is -4.29. The first-order valence-corrected chi connectivity index (χ1v) is 11.7. The van der Waals surface area contributed by atoms with E-state index in [4.69, 9.17) is 0 Å². The lowest BCUT2D eigenvalue weighted by molar-refractivity contribution is -0.137. The number of benzene rings is 1. The second kappa shape index (κ2) is 10.7. The lowest BCUT2D eigenvalue weighted by Crippen LogP contribution is -2.28. The molecule has 2 aliphatic rings. The van der Waals surface area contributed by atoms with Crippen molar-refractivity contribution < 1.29 is 13.2 Å². The van der Waals surface area contributed by atoms with Gasteiger partial charge in [0.05, 0.1) is 11.3 Å². The molecule has 2 atom stereocenters. The summed E-state index contributed by atoms with van der Waals surface area (Å²) in [6, 6.07) is 11.3. The standard InChI is InChI=1S/C26H27F3N4O.CH4.ClH/c1-18-14-19(8-10-30-18)23-9-13-33(24(34)31-23)12-3-2-11-32-16-22-15-25(22,17-32)20-4-6-21(7-5-20)26(27,28)29;;/h4-10,13-14,22H,2-3,11-12,15-17H2,1H3;1H4;1H/t22?,25-;;/m1../s1. The van der Waals surface area contributed by atoms with Crippen LogP contribution in [0.2, 0.25) is 0 Å². The van der Waals surface area contributed by atoms with Gasteiger partial charge in [-0.1, -0.05) is 19.6 Å². The van der Waals surface area contributed by atoms with Gasteiger partial charge in [0, 0.05) is 48.7 Å². The number of hydrogen-bond donors (Lipinski definition) is 0. The number of alkyl halides is 3. The first-order valence-electron chi connectivity index (χ1n) is 11.7. The van der Waals surface area contributed by atoms with Crippen LogP contribution in [0, 0.1) is 12.8 Å². The van der Waals surface area contributed by atoms with Crippen LogP contribution < -0.4 is 5.69 Å². The van der Waals surface area contributed by atoms with Crippen LogP contribution in [0.15, 0.2) is 59.7 Å². The Hall–Kier alpha value is -2.71. The third-order valence-corrected chi connectivity index (χ3v) is 7.19. The van der Waals surface area contributed by atoms with E-state index >= 15 is 0 Å². The van der Waals surface area contributed by atoms with Gasteiger partial charge in [0.1, 0.15) is 0 Å². The van der Waals surface area contributed by atoms with Crippen LogP contribution >= 0.6 is 12.4 Å². The number of likely N-dealkylation sites (tertiary alicyclic amines) is 1. The fraction of sp³-hybridized carbons (Fsp3) is 0.444. The Kier molecular flexibility index (Phi) is 8.30. The number of halogens is 4. The smallest absolute Gasteiger partial charge is 0.302 e. The maximum atomic E-state index is 12.9. The van der Waals surface area contributed by atoms with Crippen LogP contribution in [0.1, 0.15) is 43.5 Å². The van der Waals surface area contributed by atoms with Gasteiger partial charge < -0.3 is 4.90 Å². The van der Waals surface area contributed by atoms with Gasteiger partial charge >= 0.3 is 11.9 Å². The van der Waals surface area contributed by atoms with E-state index in [1.54, 1.807) is 29.1 Å². The molecule has 1 aliphatic carbocycles. The van der Waals surface area contributed by atoms with Gasteiger partial charge in [-0.25, -0.2) is 4.79 Å². The monoisotopic (exact) mass is 520 g/mol. The van der Waals surface area contributed by atoms with E-state index in [9.17, 15) is 18.0 Å². The molecule has 3 aromatic rings. The fourth-order valence-electron chi connectivity index (χ4n) is 5.28. The first-order chi connectivity index (χ1) is 16.2. The quantitative estimate of drug-likeness (QED) is 0.373. The maximum Gasteiger partial charge on any atom is 0.416 e. The summed E-state index contributed by atoms with van der Waals surface area (Å²) in [6.07, 6.45) is 2.08. The number of pyridine rings is 1. The molecule has 1 aromatic carbocycles. The number of nitrogens with zero attached hydrogens (tertiary/aromatic N) is 4. The lowest BCUT2D eigenvalue weighted by Gasteiger charge is -2.21. The van der Waals surface area contributed by atoms with Gasteiger partial charge in [-0.3, -0.25) is 9.55 Å². The zero-order chi connectivity index (χ0) is 23.9. The topological polar surface area (TPSA) is 51.0 Å². The second-order valence-electron chi connectivity index (χ2n) is 9.55. The van der Waals surface area contributed by atoms with Gasteiger partial charge in [-0.05, 0) is 74.5 Å². The third kappa shape index (κ3) is 5.65. The summed E-state index contributed by atoms with van der Waals surface area (Å²) in [5.41, 5.74) is 2.61. The van der Waals surface area contributed by atoms with E-state index in [0.29, 0.717) is 18.2 Å². The zero-order valence-corrected chi connectivity index (χ0v) is 20.3. The van der Waals surface area contributed by atoms with Crippen LogP contribution in [0.5, 0.6) is 0 Å². The number of hydrogen-bond acceptors (Lipinski definition) is 4. The average Bonchev–Trinajstić information content (AvgIpc) is 3.38. The highest BCUT2D eigenvalue weighted by atomic mass is 35.5. The minimum Gasteiger partial charge on any atom is -0.302 e. The maximum absolute atomic E-state index is 12.9. The molecule has 0 N–H and O–H groups in total. The Morgan fingerprint density at radius 1 is 1.08 bits per heavy atom. The number of piperidine rings is 1. The fourth-order valence-corrected chi connectivity index (χ4v) is 5.28. The Labute approximate surface area is 215 Å². The van der Waals surface area contributed by atoms with Crippen molar-refractivity contribution in [3.63, 3.8) is 0 Å². The van der Waals surface area contributed by atoms with E-state index in [-0.39, 0.29) is 30.9 Å². The normalized spacial score (nSPS) is 20.8. The van der Waals surface area contributed by atoms with Gasteiger partial charge in [-0.15, -0.1) is 12.4 Å². The largest absolute Gasteiger partial charge is 0.416 e. The Morgan fingerprint density at radius 3 is 2.47 bits per heavy atom. The molecule has 0 amide bonds. The molecule has 2 fully saturated rings. The highest BCUT2D eigenvalue weighted by Gasteiger charge is 2.60. The number of fused-ring (bicyclic) bond motifs is 1. The molecule has 3 heterocycles. The molecule has 5 nitrogen and oxygen atoms in total. The van der Waals surface area contributed by atoms with Gasteiger partial charge in [0.2, 0.25) is 0 Å². The Morgan fingerprint density at radius 2 is 1.81 bits per heavy atom. The van der Waals surface area contributed by atoms with E-state index in [0.717, 1.165) is 55.7 Å². The summed E-state index contributed by atoms with van der Waals surface area (Å²) < 4.78 is 40.2. The summed E-state index contributed by atoms with van der Waals surface area (Å²) in [5, 5.41) is 0. The Bertz CT molecular complexity index is 1240. The van der Waals surface area contributed by atoms with Crippen LogP contribution in [0.3, 0.4) is 0 Å². The zero-order valence-electron chi connectivity index (χ0n) is 19.5. The molecule has 194 valence electrons. The van der Waals surface area contributed by atoms with Gasteiger partial charge in [0.15, 0.2) is 0 Å². The van der Waals surface area contributed by atoms with Crippen molar-refractivity contribution in [3.05, 3.63) is 82.2 Å². The molecule has 36 heavy (non-hydrogen) atoms. The molecule has 9 heteroatoms. The molecule has 1 unspecified atom stereocenters. The number of aryl methyl sites for hydroxylation is 2. The Balaban J connectivity index is 0.00000180. The van der Waals surface area contributed by atoms with Crippen LogP contribution in [0.4, 0.5) is 13.2 Å². The molecule has 0 bridgehead atoms. The molecular formula is C27H32ClF3N4O. The molecule has 1 saturated heterocycles.